The molecule has 0 heterocycles. The molecule has 0 radical (unpaired) electrons. The normalized spacial score (nSPS) is 13.0. The Kier molecular flexibility index (Phi) is 26.7. The van der Waals surface area contributed by atoms with Gasteiger partial charge in [-0.2, -0.15) is 52.7 Å². The first kappa shape index (κ1) is 66.1. The van der Waals surface area contributed by atoms with Crippen molar-refractivity contribution in [3.05, 3.63) is 144 Å². The second kappa shape index (κ2) is 25.8. The van der Waals surface area contributed by atoms with Crippen molar-refractivity contribution in [2.24, 2.45) is 0 Å². The van der Waals surface area contributed by atoms with Crippen molar-refractivity contribution in [2.45, 2.75) is 22.0 Å². The van der Waals surface area contributed by atoms with Gasteiger partial charge in [0.25, 0.3) is 0 Å². The average Bonchev–Trinajstić information content (AvgIpc) is 3.07. The van der Waals surface area contributed by atoms with E-state index in [2.05, 4.69) is 121 Å². The van der Waals surface area contributed by atoms with Crippen LogP contribution in [-0.2, 0) is 40.1 Å². The molecule has 0 aliphatic rings. The largest absolute Gasteiger partial charge is 1.00 e. The number of halogens is 20. The molecule has 360 valence electrons. The van der Waals surface area contributed by atoms with Crippen molar-refractivity contribution in [1.82, 2.24) is 0 Å². The molecule has 10 nitrogen and oxygen atoms in total. The fourth-order valence-electron chi connectivity index (χ4n) is 2.59. The summed E-state index contributed by atoms with van der Waals surface area (Å²) in [6.45, 7) is 0. The summed E-state index contributed by atoms with van der Waals surface area (Å²) in [5.41, 5.74) is -24.8. The van der Waals surface area contributed by atoms with Gasteiger partial charge in [-0.3, -0.25) is 0 Å². The van der Waals surface area contributed by atoms with Crippen LogP contribution in [0.3, 0.4) is 0 Å². The number of hydrogen-bond donors (Lipinski definition) is 0. The fraction of sp³-hybridized carbons (Fsp3) is 0.143. The molecule has 0 aliphatic carbocycles. The summed E-state index contributed by atoms with van der Waals surface area (Å²) in [6, 6.07) is 42.8. The first-order chi connectivity index (χ1) is 27.5. The zero-order valence-electron chi connectivity index (χ0n) is 30.3. The fourth-order valence-corrected chi connectivity index (χ4v) is 10.5. The van der Waals surface area contributed by atoms with Crippen LogP contribution in [0.4, 0.5) is 73.7 Å². The summed E-state index contributed by atoms with van der Waals surface area (Å²) >= 11 is 0.0574. The van der Waals surface area contributed by atoms with E-state index in [1.54, 1.807) is 0 Å². The molecule has 4 aromatic rings. The molecule has 36 heteroatoms. The first-order valence-electron chi connectivity index (χ1n) is 14.4. The number of benzene rings is 4. The summed E-state index contributed by atoms with van der Waals surface area (Å²) < 4.78 is 273. The molecule has 0 N–H and O–H groups in total. The Hall–Kier alpha value is -2.17. The molecule has 4 aromatic carbocycles. The van der Waals surface area contributed by atoms with Crippen LogP contribution in [0.5, 0.6) is 0 Å². The Morgan fingerprint density at radius 1 is 0.344 bits per heavy atom. The molecule has 0 fully saturated rings. The molecule has 0 bridgehead atoms. The van der Waals surface area contributed by atoms with Gasteiger partial charge in [0.1, 0.15) is 0 Å². The molecule has 0 saturated carbocycles. The van der Waals surface area contributed by atoms with Gasteiger partial charge in [0.05, 0.1) is 0 Å². The van der Waals surface area contributed by atoms with Crippen LogP contribution in [0, 0.1) is 14.3 Å². The zero-order valence-corrected chi connectivity index (χ0v) is 38.8. The molecule has 0 spiro atoms. The van der Waals surface area contributed by atoms with E-state index in [1.165, 1.54) is 14.3 Å². The van der Waals surface area contributed by atoms with E-state index in [1.807, 2.05) is 0 Å². The Bertz CT molecular complexity index is 2100. The minimum absolute atomic E-state index is 0. The number of sulfonamides is 4. The van der Waals surface area contributed by atoms with Crippen LogP contribution in [-0.4, -0.2) is 55.7 Å². The molecule has 0 aromatic heterocycles. The van der Waals surface area contributed by atoms with Gasteiger partial charge in [0.2, 0.25) is 0 Å². The third kappa shape index (κ3) is 28.1. The summed E-state index contributed by atoms with van der Waals surface area (Å²) in [5, 5.41) is 0. The molecule has 64 heavy (non-hydrogen) atoms. The smallest absolute Gasteiger partial charge is 1.00 e. The van der Waals surface area contributed by atoms with Crippen LogP contribution in [0.15, 0.2) is 121 Å². The Morgan fingerprint density at radius 3 is 0.578 bits per heavy atom. The number of hydrogen-bond acceptors (Lipinski definition) is 8. The number of alkyl halides is 12. The Balaban J connectivity index is -0.000000736. The summed E-state index contributed by atoms with van der Waals surface area (Å²) in [7, 11) is -35.4. The van der Waals surface area contributed by atoms with Crippen molar-refractivity contribution in [1.29, 1.82) is 0 Å². The monoisotopic (exact) mass is 1270 g/mol. The third-order valence-corrected chi connectivity index (χ3v) is 15.8. The molecule has 0 atom stereocenters. The maximum atomic E-state index is 11.4. The van der Waals surface area contributed by atoms with Crippen molar-refractivity contribution < 1.29 is 173 Å². The molecular formula is C28H20F18I2LiN2O8PS4. The number of rotatable bonds is 8. The van der Waals surface area contributed by atoms with Gasteiger partial charge in [-0.05, 0) is 48.5 Å². The molecule has 0 amide bonds. The van der Waals surface area contributed by atoms with E-state index >= 15 is 0 Å². The molecule has 0 saturated heterocycles. The van der Waals surface area contributed by atoms with Gasteiger partial charge in [0.15, 0.2) is 54.4 Å². The summed E-state index contributed by atoms with van der Waals surface area (Å²) in [4.78, 5) is 0. The molecule has 0 unspecified atom stereocenters. The van der Waals surface area contributed by atoms with Crippen molar-refractivity contribution >= 4 is 48.3 Å². The van der Waals surface area contributed by atoms with Gasteiger partial charge >= 0.3 is 112 Å². The zero-order chi connectivity index (χ0) is 48.7. The van der Waals surface area contributed by atoms with E-state index in [9.17, 15) is 107 Å². The second-order valence-electron chi connectivity index (χ2n) is 9.84. The van der Waals surface area contributed by atoms with E-state index in [0.717, 1.165) is 8.25 Å². The van der Waals surface area contributed by atoms with E-state index in [-0.39, 0.29) is 66.0 Å². The Labute approximate surface area is 384 Å². The van der Waals surface area contributed by atoms with E-state index in [4.69, 9.17) is 0 Å². The van der Waals surface area contributed by atoms with Crippen molar-refractivity contribution in [3.63, 3.8) is 0 Å². The third-order valence-electron chi connectivity index (χ3n) is 4.93. The van der Waals surface area contributed by atoms with Gasteiger partial charge < -0.3 is 13.0 Å². The standard InChI is InChI=1S/2C12H10I.2C2F6NO4S2.F5P.FH.Li/c2*1-3-7-11(8-4-1)13-12-9-5-2-6-10-12;2*3-1(4,5)14(10,11)9-15(12,13)2(6,7)8;1-6(2,3,4)5;;/h2*1-10H;;;;1H;/q2*+1;2*-1;;;+1/p-1. The molecule has 0 aliphatic heterocycles. The SMILES string of the molecule is FP(F)(F)(F)F.O=S(=O)([N-]S(=O)(=O)C(F)(F)F)C(F)(F)F.O=S(=O)([N-]S(=O)(=O)C(F)(F)F)C(F)(F)F.[F-].[Li+].c1ccc([I+]c2ccccc2)cc1.c1ccc([I+]c2ccccc2)cc1. The molecule has 4 rings (SSSR count). The van der Waals surface area contributed by atoms with Crippen LogP contribution in [0.1, 0.15) is 0 Å². The van der Waals surface area contributed by atoms with E-state index in [0.29, 0.717) is 0 Å². The van der Waals surface area contributed by atoms with Crippen LogP contribution >= 0.6 is 8.16 Å². The van der Waals surface area contributed by atoms with Crippen LogP contribution < -0.4 is 66.0 Å². The average molecular weight is 1270 g/mol. The predicted molar refractivity (Wildman–Crippen MR) is 180 cm³/mol. The second-order valence-corrected chi connectivity index (χ2v) is 24.0. The van der Waals surface area contributed by atoms with Gasteiger partial charge in [-0.25, -0.2) is 33.7 Å². The minimum Gasteiger partial charge on any atom is -1.00 e. The number of nitrogens with zero attached hydrogens (tertiary/aromatic N) is 2. The predicted octanol–water partition coefficient (Wildman–Crippen LogP) is -1.28. The molecular weight excluding hydrogens is 1250 g/mol. The summed E-state index contributed by atoms with van der Waals surface area (Å²) in [5.74, 6) is 0. The van der Waals surface area contributed by atoms with Crippen LogP contribution in [0.25, 0.3) is 8.25 Å². The minimum atomic E-state index is -8.55. The summed E-state index contributed by atoms with van der Waals surface area (Å²) in [6.07, 6.45) is 0. The Morgan fingerprint density at radius 2 is 0.469 bits per heavy atom. The first-order valence-corrected chi connectivity index (χ1v) is 26.2. The van der Waals surface area contributed by atoms with Crippen LogP contribution in [0.2, 0.25) is 0 Å². The van der Waals surface area contributed by atoms with Gasteiger partial charge in [-0.15, -0.1) is 0 Å². The maximum Gasteiger partial charge on any atom is 1.00 e. The van der Waals surface area contributed by atoms with Crippen molar-refractivity contribution in [3.8, 4) is 0 Å². The van der Waals surface area contributed by atoms with Crippen molar-refractivity contribution in [2.75, 3.05) is 0 Å². The quantitative estimate of drug-likeness (QED) is 0.0913. The maximum absolute atomic E-state index is 11.4. The van der Waals surface area contributed by atoms with Gasteiger partial charge in [-0.1, -0.05) is 72.8 Å². The van der Waals surface area contributed by atoms with Gasteiger partial charge in [0, 0.05) is 0 Å². The topological polar surface area (TPSA) is 165 Å². The van der Waals surface area contributed by atoms with E-state index < -0.39 is 70.3 Å².